The summed E-state index contributed by atoms with van der Waals surface area (Å²) in [7, 11) is 1.98. The van der Waals surface area contributed by atoms with E-state index in [9.17, 15) is 0 Å². The Morgan fingerprint density at radius 1 is 1.26 bits per heavy atom. The predicted molar refractivity (Wildman–Crippen MR) is 83.6 cm³/mol. The summed E-state index contributed by atoms with van der Waals surface area (Å²) < 4.78 is 0. The van der Waals surface area contributed by atoms with Gasteiger partial charge in [-0.2, -0.15) is 0 Å². The van der Waals surface area contributed by atoms with Crippen molar-refractivity contribution in [3.05, 3.63) is 23.9 Å². The summed E-state index contributed by atoms with van der Waals surface area (Å²) in [4.78, 5) is 7.07. The van der Waals surface area contributed by atoms with E-state index < -0.39 is 0 Å². The second-order valence-corrected chi connectivity index (χ2v) is 5.57. The number of aromatic nitrogens is 1. The third-order valence-corrected chi connectivity index (χ3v) is 3.43. The Labute approximate surface area is 118 Å². The molecule has 1 rings (SSSR count). The first-order chi connectivity index (χ1) is 9.12. The predicted octanol–water partition coefficient (Wildman–Crippen LogP) is 3.45. The average Bonchev–Trinajstić information content (AvgIpc) is 2.39. The first-order valence-corrected chi connectivity index (χ1v) is 7.48. The zero-order valence-electron chi connectivity index (χ0n) is 13.1. The minimum atomic E-state index is 0.583. The number of hydrogen-bond acceptors (Lipinski definition) is 3. The molecule has 0 aliphatic rings. The van der Waals surface area contributed by atoms with Crippen molar-refractivity contribution in [1.29, 1.82) is 0 Å². The molecule has 1 heterocycles. The van der Waals surface area contributed by atoms with Gasteiger partial charge in [0.25, 0.3) is 0 Å². The Hall–Kier alpha value is -1.09. The molecule has 0 aliphatic carbocycles. The molecule has 0 radical (unpaired) electrons. The molecule has 0 aromatic carbocycles. The van der Waals surface area contributed by atoms with Crippen LogP contribution in [0.25, 0.3) is 0 Å². The van der Waals surface area contributed by atoms with Crippen LogP contribution in [0.5, 0.6) is 0 Å². The minimum Gasteiger partial charge on any atom is -0.353 e. The SMILES string of the molecule is CCC(CC)N(CC(C)C)c1cc(CNC)ccn1. The lowest BCUT2D eigenvalue weighted by atomic mass is 10.1. The second kappa shape index (κ2) is 8.16. The summed E-state index contributed by atoms with van der Waals surface area (Å²) in [6.45, 7) is 11.0. The Morgan fingerprint density at radius 2 is 1.95 bits per heavy atom. The standard InChI is InChI=1S/C16H29N3/c1-6-15(7-2)19(12-13(3)4)16-10-14(11-17-5)8-9-18-16/h8-10,13,15,17H,6-7,11-12H2,1-5H3. The normalized spacial score (nSPS) is 11.3. The summed E-state index contributed by atoms with van der Waals surface area (Å²) in [5, 5.41) is 3.20. The van der Waals surface area contributed by atoms with Crippen molar-refractivity contribution in [2.24, 2.45) is 5.92 Å². The smallest absolute Gasteiger partial charge is 0.129 e. The first kappa shape index (κ1) is 16.0. The third kappa shape index (κ3) is 4.83. The quantitative estimate of drug-likeness (QED) is 0.778. The van der Waals surface area contributed by atoms with Crippen molar-refractivity contribution >= 4 is 5.82 Å². The molecule has 0 aliphatic heterocycles. The van der Waals surface area contributed by atoms with E-state index in [1.165, 1.54) is 18.4 Å². The molecule has 0 bridgehead atoms. The van der Waals surface area contributed by atoms with Gasteiger partial charge in [0.2, 0.25) is 0 Å². The molecule has 108 valence electrons. The van der Waals surface area contributed by atoms with Gasteiger partial charge in [-0.15, -0.1) is 0 Å². The monoisotopic (exact) mass is 263 g/mol. The molecule has 1 aromatic rings. The van der Waals surface area contributed by atoms with E-state index in [4.69, 9.17) is 0 Å². The number of hydrogen-bond donors (Lipinski definition) is 1. The van der Waals surface area contributed by atoms with Gasteiger partial charge in [-0.05, 0) is 43.5 Å². The van der Waals surface area contributed by atoms with Gasteiger partial charge in [-0.3, -0.25) is 0 Å². The molecule has 1 N–H and O–H groups in total. The lowest BCUT2D eigenvalue weighted by Crippen LogP contribution is -2.38. The van der Waals surface area contributed by atoms with Crippen LogP contribution in [0.3, 0.4) is 0 Å². The molecule has 1 aromatic heterocycles. The Morgan fingerprint density at radius 3 is 2.47 bits per heavy atom. The molecule has 19 heavy (non-hydrogen) atoms. The van der Waals surface area contributed by atoms with Crippen molar-refractivity contribution < 1.29 is 0 Å². The molecule has 0 fully saturated rings. The fourth-order valence-electron chi connectivity index (χ4n) is 2.48. The van der Waals surface area contributed by atoms with Crippen molar-refractivity contribution in [2.45, 2.75) is 53.1 Å². The zero-order chi connectivity index (χ0) is 14.3. The Balaban J connectivity index is 2.98. The van der Waals surface area contributed by atoms with Crippen molar-refractivity contribution in [1.82, 2.24) is 10.3 Å². The summed E-state index contributed by atoms with van der Waals surface area (Å²) >= 11 is 0. The van der Waals surface area contributed by atoms with Crippen LogP contribution >= 0.6 is 0 Å². The van der Waals surface area contributed by atoms with Crippen LogP contribution in [0.4, 0.5) is 5.82 Å². The van der Waals surface area contributed by atoms with E-state index in [0.29, 0.717) is 12.0 Å². The second-order valence-electron chi connectivity index (χ2n) is 5.57. The maximum absolute atomic E-state index is 4.59. The molecule has 0 spiro atoms. The zero-order valence-corrected chi connectivity index (χ0v) is 13.1. The molecule has 0 unspecified atom stereocenters. The minimum absolute atomic E-state index is 0.583. The molecule has 0 saturated heterocycles. The molecule has 0 saturated carbocycles. The third-order valence-electron chi connectivity index (χ3n) is 3.43. The summed E-state index contributed by atoms with van der Waals surface area (Å²) in [6.07, 6.45) is 4.26. The van der Waals surface area contributed by atoms with Crippen molar-refractivity contribution in [3.8, 4) is 0 Å². The van der Waals surface area contributed by atoms with Crippen LogP contribution in [0.1, 0.15) is 46.1 Å². The lowest BCUT2D eigenvalue weighted by molar-refractivity contribution is 0.503. The van der Waals surface area contributed by atoms with Crippen molar-refractivity contribution in [3.63, 3.8) is 0 Å². The number of pyridine rings is 1. The number of rotatable bonds is 8. The van der Waals surface area contributed by atoms with Gasteiger partial charge in [-0.1, -0.05) is 27.7 Å². The fourth-order valence-corrected chi connectivity index (χ4v) is 2.48. The van der Waals surface area contributed by atoms with E-state index in [1.54, 1.807) is 0 Å². The van der Waals surface area contributed by atoms with E-state index in [2.05, 4.69) is 55.0 Å². The maximum Gasteiger partial charge on any atom is 0.129 e. The van der Waals surface area contributed by atoms with E-state index >= 15 is 0 Å². The van der Waals surface area contributed by atoms with Crippen LogP contribution in [0, 0.1) is 5.92 Å². The summed E-state index contributed by atoms with van der Waals surface area (Å²) in [5.41, 5.74) is 1.30. The van der Waals surface area contributed by atoms with Gasteiger partial charge in [-0.25, -0.2) is 4.98 Å². The van der Waals surface area contributed by atoms with Gasteiger partial charge in [0.15, 0.2) is 0 Å². The van der Waals surface area contributed by atoms with Crippen LogP contribution in [0.15, 0.2) is 18.3 Å². The highest BCUT2D eigenvalue weighted by Gasteiger charge is 2.18. The van der Waals surface area contributed by atoms with Crippen molar-refractivity contribution in [2.75, 3.05) is 18.5 Å². The van der Waals surface area contributed by atoms with Gasteiger partial charge < -0.3 is 10.2 Å². The number of nitrogens with one attached hydrogen (secondary N) is 1. The summed E-state index contributed by atoms with van der Waals surface area (Å²) in [5.74, 6) is 1.77. The fraction of sp³-hybridized carbons (Fsp3) is 0.688. The molecule has 3 nitrogen and oxygen atoms in total. The van der Waals surface area contributed by atoms with Gasteiger partial charge in [0.1, 0.15) is 5.82 Å². The van der Waals surface area contributed by atoms with Gasteiger partial charge in [0.05, 0.1) is 0 Å². The Bertz CT molecular complexity index is 359. The Kier molecular flexibility index (Phi) is 6.85. The van der Waals surface area contributed by atoms with Crippen LogP contribution in [0.2, 0.25) is 0 Å². The largest absolute Gasteiger partial charge is 0.353 e. The van der Waals surface area contributed by atoms with Crippen LogP contribution < -0.4 is 10.2 Å². The highest BCUT2D eigenvalue weighted by atomic mass is 15.2. The van der Waals surface area contributed by atoms with Gasteiger partial charge in [0, 0.05) is 25.3 Å². The average molecular weight is 263 g/mol. The molecule has 0 atom stereocenters. The summed E-state index contributed by atoms with van der Waals surface area (Å²) in [6, 6.07) is 4.89. The van der Waals surface area contributed by atoms with E-state index in [-0.39, 0.29) is 0 Å². The number of nitrogens with zero attached hydrogens (tertiary/aromatic N) is 2. The van der Waals surface area contributed by atoms with Gasteiger partial charge >= 0.3 is 0 Å². The topological polar surface area (TPSA) is 28.2 Å². The molecular formula is C16H29N3. The molecule has 3 heteroatoms. The molecular weight excluding hydrogens is 234 g/mol. The lowest BCUT2D eigenvalue weighted by Gasteiger charge is -2.33. The first-order valence-electron chi connectivity index (χ1n) is 7.48. The molecule has 0 amide bonds. The van der Waals surface area contributed by atoms with E-state index in [1.807, 2.05) is 13.2 Å². The highest BCUT2D eigenvalue weighted by molar-refractivity contribution is 5.42. The van der Waals surface area contributed by atoms with Crippen LogP contribution in [-0.4, -0.2) is 24.6 Å². The number of anilines is 1. The highest BCUT2D eigenvalue weighted by Crippen LogP contribution is 2.20. The maximum atomic E-state index is 4.59. The van der Waals surface area contributed by atoms with E-state index in [0.717, 1.165) is 18.9 Å². The van der Waals surface area contributed by atoms with Crippen LogP contribution in [-0.2, 0) is 6.54 Å².